The number of esters is 1. The van der Waals surface area contributed by atoms with Gasteiger partial charge in [-0.2, -0.15) is 0 Å². The number of carbonyl (C=O) groups is 2. The minimum atomic E-state index is -0.518. The zero-order chi connectivity index (χ0) is 22.4. The van der Waals surface area contributed by atoms with Crippen molar-refractivity contribution in [2.24, 2.45) is 5.92 Å². The lowest BCUT2D eigenvalue weighted by molar-refractivity contribution is -0.163. The molecule has 1 aromatic heterocycles. The highest BCUT2D eigenvalue weighted by molar-refractivity contribution is 5.90. The number of ether oxygens (including phenoxy) is 1. The summed E-state index contributed by atoms with van der Waals surface area (Å²) in [5.74, 6) is 0.101. The Labute approximate surface area is 191 Å². The van der Waals surface area contributed by atoms with Gasteiger partial charge < -0.3 is 9.30 Å². The molecule has 1 saturated carbocycles. The van der Waals surface area contributed by atoms with Crippen LogP contribution in [0.2, 0.25) is 0 Å². The van der Waals surface area contributed by atoms with Crippen LogP contribution in [0.5, 0.6) is 0 Å². The summed E-state index contributed by atoms with van der Waals surface area (Å²) >= 11 is 0. The van der Waals surface area contributed by atoms with E-state index in [0.29, 0.717) is 30.8 Å². The number of carbonyl (C=O) groups excluding carboxylic acids is 2. The average molecular weight is 437 g/mol. The van der Waals surface area contributed by atoms with Crippen LogP contribution in [0, 0.1) is 5.92 Å². The molecule has 2 unspecified atom stereocenters. The van der Waals surface area contributed by atoms with Gasteiger partial charge in [0.15, 0.2) is 11.9 Å². The molecule has 2 aromatic rings. The van der Waals surface area contributed by atoms with Crippen molar-refractivity contribution in [2.45, 2.75) is 89.8 Å². The van der Waals surface area contributed by atoms with Crippen molar-refractivity contribution < 1.29 is 14.3 Å². The standard InChI is InChI=1S/C27H36N2O3/c1-4-12-28-15-19(27(31)32-25-11-6-5-10-24(25)30)13-21-20-8-7-9-22-26(20)18(14-23(21)28)16-29(22)17(2)3/h7-9,16-17,19,21,23,25H,4-6,10-15H2,1-3H3/t19-,21?,23-,25?/m1/s1. The lowest BCUT2D eigenvalue weighted by Gasteiger charge is -2.46. The molecule has 4 atom stereocenters. The van der Waals surface area contributed by atoms with E-state index in [-0.39, 0.29) is 17.7 Å². The van der Waals surface area contributed by atoms with Crippen molar-refractivity contribution in [3.05, 3.63) is 35.5 Å². The molecular weight excluding hydrogens is 400 g/mol. The number of likely N-dealkylation sites (tertiary alicyclic amines) is 1. The highest BCUT2D eigenvalue weighted by atomic mass is 16.5. The number of rotatable bonds is 5. The second kappa shape index (κ2) is 8.66. The van der Waals surface area contributed by atoms with Crippen molar-refractivity contribution >= 4 is 22.7 Å². The molecule has 1 aromatic carbocycles. The Kier molecular flexibility index (Phi) is 5.87. The zero-order valence-electron chi connectivity index (χ0n) is 19.7. The molecular formula is C27H36N2O3. The number of ketones is 1. The molecule has 0 N–H and O–H groups in total. The van der Waals surface area contributed by atoms with Crippen LogP contribution >= 0.6 is 0 Å². The normalized spacial score (nSPS) is 28.2. The van der Waals surface area contributed by atoms with Crippen molar-refractivity contribution in [2.75, 3.05) is 13.1 Å². The Morgan fingerprint density at radius 3 is 2.84 bits per heavy atom. The van der Waals surface area contributed by atoms with Crippen LogP contribution in [-0.2, 0) is 20.7 Å². The minimum absolute atomic E-state index is 0.103. The van der Waals surface area contributed by atoms with Crippen molar-refractivity contribution in [3.8, 4) is 0 Å². The fourth-order valence-corrected chi connectivity index (χ4v) is 6.38. The van der Waals surface area contributed by atoms with Gasteiger partial charge in [-0.15, -0.1) is 0 Å². The van der Waals surface area contributed by atoms with Crippen LogP contribution in [0.25, 0.3) is 10.9 Å². The lowest BCUT2D eigenvalue weighted by atomic mass is 9.72. The summed E-state index contributed by atoms with van der Waals surface area (Å²) in [7, 11) is 0. The van der Waals surface area contributed by atoms with E-state index in [1.165, 1.54) is 22.0 Å². The Morgan fingerprint density at radius 1 is 1.25 bits per heavy atom. The van der Waals surface area contributed by atoms with Crippen molar-refractivity contribution in [1.82, 2.24) is 9.47 Å². The summed E-state index contributed by atoms with van der Waals surface area (Å²) < 4.78 is 8.21. The molecule has 2 aliphatic carbocycles. The smallest absolute Gasteiger partial charge is 0.310 e. The quantitative estimate of drug-likeness (QED) is 0.618. The highest BCUT2D eigenvalue weighted by Gasteiger charge is 2.44. The van der Waals surface area contributed by atoms with Gasteiger partial charge in [0.05, 0.1) is 5.92 Å². The Morgan fingerprint density at radius 2 is 2.09 bits per heavy atom. The summed E-state index contributed by atoms with van der Waals surface area (Å²) in [6, 6.07) is 7.53. The molecule has 0 radical (unpaired) electrons. The number of aromatic nitrogens is 1. The third kappa shape index (κ3) is 3.68. The van der Waals surface area contributed by atoms with Crippen LogP contribution in [0.15, 0.2) is 24.4 Å². The summed E-state index contributed by atoms with van der Waals surface area (Å²) in [5.41, 5.74) is 4.14. The molecule has 0 spiro atoms. The number of Topliss-reactive ketones (excluding diaryl/α,β-unsaturated/α-hetero) is 1. The number of hydrogen-bond acceptors (Lipinski definition) is 4. The summed E-state index contributed by atoms with van der Waals surface area (Å²) in [6.07, 6.45) is 7.89. The predicted octanol–water partition coefficient (Wildman–Crippen LogP) is 5.02. The van der Waals surface area contributed by atoms with Crippen LogP contribution in [0.4, 0.5) is 0 Å². The highest BCUT2D eigenvalue weighted by Crippen LogP contribution is 2.46. The summed E-state index contributed by atoms with van der Waals surface area (Å²) in [6.45, 7) is 8.42. The SMILES string of the molecule is CCCN1C[C@H](C(=O)OC2CCCCC2=O)CC2c3cccc4c3c(cn4C(C)C)C[C@H]21. The Hall–Kier alpha value is -2.14. The van der Waals surface area contributed by atoms with Crippen LogP contribution in [-0.4, -0.2) is 46.5 Å². The zero-order valence-corrected chi connectivity index (χ0v) is 19.7. The molecule has 5 heteroatoms. The lowest BCUT2D eigenvalue weighted by Crippen LogP contribution is -2.52. The topological polar surface area (TPSA) is 51.5 Å². The number of nitrogens with zero attached hydrogens (tertiary/aromatic N) is 2. The average Bonchev–Trinajstić information content (AvgIpc) is 3.16. The third-order valence-corrected chi connectivity index (χ3v) is 7.88. The molecule has 0 bridgehead atoms. The molecule has 3 aliphatic rings. The third-order valence-electron chi connectivity index (χ3n) is 7.88. The van der Waals surface area contributed by atoms with Crippen molar-refractivity contribution in [1.29, 1.82) is 0 Å². The summed E-state index contributed by atoms with van der Waals surface area (Å²) in [4.78, 5) is 28.0. The predicted molar refractivity (Wildman–Crippen MR) is 126 cm³/mol. The number of benzene rings is 1. The fourth-order valence-electron chi connectivity index (χ4n) is 6.38. The monoisotopic (exact) mass is 436 g/mol. The van der Waals surface area contributed by atoms with E-state index in [1.807, 2.05) is 0 Å². The molecule has 2 heterocycles. The Bertz CT molecular complexity index is 1020. The van der Waals surface area contributed by atoms with E-state index in [2.05, 4.69) is 54.6 Å². The van der Waals surface area contributed by atoms with Gasteiger partial charge >= 0.3 is 5.97 Å². The molecule has 5 rings (SSSR count). The molecule has 0 amide bonds. The van der Waals surface area contributed by atoms with Gasteiger partial charge in [-0.3, -0.25) is 14.5 Å². The van der Waals surface area contributed by atoms with Gasteiger partial charge in [0.1, 0.15) is 0 Å². The second-order valence-corrected chi connectivity index (χ2v) is 10.3. The number of fused-ring (bicyclic) bond motifs is 2. The first-order valence-corrected chi connectivity index (χ1v) is 12.6. The van der Waals surface area contributed by atoms with E-state index in [4.69, 9.17) is 4.74 Å². The largest absolute Gasteiger partial charge is 0.454 e. The van der Waals surface area contributed by atoms with Crippen LogP contribution in [0.1, 0.15) is 82.4 Å². The summed E-state index contributed by atoms with van der Waals surface area (Å²) in [5, 5.41) is 1.40. The molecule has 32 heavy (non-hydrogen) atoms. The maximum Gasteiger partial charge on any atom is 0.310 e. The van der Waals surface area contributed by atoms with Gasteiger partial charge in [-0.05, 0) is 76.1 Å². The molecule has 2 fully saturated rings. The van der Waals surface area contributed by atoms with E-state index in [9.17, 15) is 9.59 Å². The first kappa shape index (κ1) is 21.7. The first-order chi connectivity index (χ1) is 15.5. The van der Waals surface area contributed by atoms with E-state index in [0.717, 1.165) is 45.2 Å². The van der Waals surface area contributed by atoms with Gasteiger partial charge in [0.2, 0.25) is 0 Å². The number of hydrogen-bond donors (Lipinski definition) is 0. The van der Waals surface area contributed by atoms with Gasteiger partial charge in [0.25, 0.3) is 0 Å². The second-order valence-electron chi connectivity index (χ2n) is 10.3. The molecule has 1 aliphatic heterocycles. The van der Waals surface area contributed by atoms with Gasteiger partial charge in [-0.1, -0.05) is 19.1 Å². The van der Waals surface area contributed by atoms with Crippen LogP contribution < -0.4 is 0 Å². The van der Waals surface area contributed by atoms with Gasteiger partial charge in [-0.25, -0.2) is 0 Å². The van der Waals surface area contributed by atoms with E-state index < -0.39 is 6.10 Å². The minimum Gasteiger partial charge on any atom is -0.454 e. The van der Waals surface area contributed by atoms with E-state index >= 15 is 0 Å². The fraction of sp³-hybridized carbons (Fsp3) is 0.630. The van der Waals surface area contributed by atoms with Crippen LogP contribution in [0.3, 0.4) is 0 Å². The maximum absolute atomic E-state index is 13.2. The molecule has 1 saturated heterocycles. The molecule has 172 valence electrons. The number of piperidine rings is 1. The Balaban J connectivity index is 1.46. The van der Waals surface area contributed by atoms with E-state index in [1.54, 1.807) is 0 Å². The maximum atomic E-state index is 13.2. The van der Waals surface area contributed by atoms with Crippen molar-refractivity contribution in [3.63, 3.8) is 0 Å². The molecule has 5 nitrogen and oxygen atoms in total. The van der Waals surface area contributed by atoms with Gasteiger partial charge in [0, 0.05) is 48.1 Å². The first-order valence-electron chi connectivity index (χ1n) is 12.6.